The van der Waals surface area contributed by atoms with Crippen molar-refractivity contribution < 1.29 is 9.15 Å². The third kappa shape index (κ3) is 4.10. The van der Waals surface area contributed by atoms with E-state index >= 15 is 0 Å². The molecule has 0 saturated carbocycles. The van der Waals surface area contributed by atoms with Gasteiger partial charge >= 0.3 is 0 Å². The molecule has 0 saturated heterocycles. The lowest BCUT2D eigenvalue weighted by molar-refractivity contribution is 0.0379. The number of fused-ring (bicyclic) bond motifs is 1. The van der Waals surface area contributed by atoms with E-state index in [1.165, 1.54) is 56.3 Å². The van der Waals surface area contributed by atoms with Gasteiger partial charge in [-0.15, -0.1) is 0 Å². The summed E-state index contributed by atoms with van der Waals surface area (Å²) in [5.41, 5.74) is 1.43. The van der Waals surface area contributed by atoms with Crippen LogP contribution in [0.3, 0.4) is 0 Å². The van der Waals surface area contributed by atoms with Crippen LogP contribution in [0.25, 0.3) is 0 Å². The molecule has 108 valence electrons. The largest absolute Gasteiger partial charge is 0.463 e. The van der Waals surface area contributed by atoms with Crippen LogP contribution in [-0.4, -0.2) is 6.61 Å². The highest BCUT2D eigenvalue weighted by molar-refractivity contribution is 5.25. The average molecular weight is 264 g/mol. The van der Waals surface area contributed by atoms with Gasteiger partial charge in [0.15, 0.2) is 0 Å². The predicted molar refractivity (Wildman–Crippen MR) is 78.5 cm³/mol. The van der Waals surface area contributed by atoms with Crippen molar-refractivity contribution in [2.24, 2.45) is 0 Å². The van der Waals surface area contributed by atoms with Gasteiger partial charge in [0.25, 0.3) is 0 Å². The predicted octanol–water partition coefficient (Wildman–Crippen LogP) is 5.21. The van der Waals surface area contributed by atoms with Crippen LogP contribution in [0.2, 0.25) is 0 Å². The first-order valence-corrected chi connectivity index (χ1v) is 8.08. The molecule has 1 aliphatic carbocycles. The maximum atomic E-state index is 6.05. The molecule has 1 heterocycles. The van der Waals surface area contributed by atoms with Gasteiger partial charge in [-0.05, 0) is 44.2 Å². The Hall–Kier alpha value is -0.760. The summed E-state index contributed by atoms with van der Waals surface area (Å²) in [6.45, 7) is 5.09. The SMILES string of the molecule is CCCCCCC(OCC)c1cc2c(o1)CCCC2. The molecule has 0 N–H and O–H groups in total. The molecule has 0 radical (unpaired) electrons. The second-order valence-corrected chi connectivity index (χ2v) is 5.60. The number of hydrogen-bond acceptors (Lipinski definition) is 2. The Morgan fingerprint density at radius 1 is 1.16 bits per heavy atom. The summed E-state index contributed by atoms with van der Waals surface area (Å²) in [6.07, 6.45) is 11.3. The molecule has 2 heteroatoms. The fourth-order valence-electron chi connectivity index (χ4n) is 2.94. The number of ether oxygens (including phenoxy) is 1. The smallest absolute Gasteiger partial charge is 0.133 e. The standard InChI is InChI=1S/C17H28O2/c1-3-5-6-7-12-16(18-4-2)17-13-14-10-8-9-11-15(14)19-17/h13,16H,3-12H2,1-2H3. The van der Waals surface area contributed by atoms with Gasteiger partial charge in [0, 0.05) is 13.0 Å². The maximum absolute atomic E-state index is 6.05. The van der Waals surface area contributed by atoms with E-state index in [0.29, 0.717) is 0 Å². The van der Waals surface area contributed by atoms with Crippen LogP contribution in [0.4, 0.5) is 0 Å². The van der Waals surface area contributed by atoms with Crippen LogP contribution in [0, 0.1) is 0 Å². The van der Waals surface area contributed by atoms with Gasteiger partial charge in [-0.1, -0.05) is 32.6 Å². The monoisotopic (exact) mass is 264 g/mol. The fourth-order valence-corrected chi connectivity index (χ4v) is 2.94. The zero-order valence-electron chi connectivity index (χ0n) is 12.5. The minimum absolute atomic E-state index is 0.174. The molecule has 0 aliphatic heterocycles. The van der Waals surface area contributed by atoms with Crippen LogP contribution in [0.15, 0.2) is 10.5 Å². The van der Waals surface area contributed by atoms with E-state index in [1.807, 2.05) is 0 Å². The lowest BCUT2D eigenvalue weighted by Gasteiger charge is -2.14. The van der Waals surface area contributed by atoms with Crippen LogP contribution in [-0.2, 0) is 17.6 Å². The summed E-state index contributed by atoms with van der Waals surface area (Å²) in [5.74, 6) is 2.30. The van der Waals surface area contributed by atoms with Crippen molar-refractivity contribution in [1.29, 1.82) is 0 Å². The van der Waals surface area contributed by atoms with Crippen molar-refractivity contribution in [1.82, 2.24) is 0 Å². The highest BCUT2D eigenvalue weighted by Gasteiger charge is 2.21. The normalized spacial score (nSPS) is 16.3. The van der Waals surface area contributed by atoms with Crippen LogP contribution in [0.1, 0.15) is 82.0 Å². The van der Waals surface area contributed by atoms with Crippen LogP contribution >= 0.6 is 0 Å². The first-order chi connectivity index (χ1) is 9.35. The van der Waals surface area contributed by atoms with Crippen molar-refractivity contribution >= 4 is 0 Å². The van der Waals surface area contributed by atoms with Gasteiger partial charge in [-0.2, -0.15) is 0 Å². The van der Waals surface area contributed by atoms with Crippen molar-refractivity contribution in [2.45, 2.75) is 77.7 Å². The van der Waals surface area contributed by atoms with Crippen molar-refractivity contribution in [3.05, 3.63) is 23.2 Å². The first-order valence-electron chi connectivity index (χ1n) is 8.08. The summed E-state index contributed by atoms with van der Waals surface area (Å²) in [4.78, 5) is 0. The van der Waals surface area contributed by atoms with Gasteiger partial charge in [0.05, 0.1) is 0 Å². The summed E-state index contributed by atoms with van der Waals surface area (Å²) in [7, 11) is 0. The molecule has 19 heavy (non-hydrogen) atoms. The van der Waals surface area contributed by atoms with E-state index in [0.717, 1.165) is 25.2 Å². The molecular formula is C17H28O2. The lowest BCUT2D eigenvalue weighted by atomic mass is 9.98. The zero-order chi connectivity index (χ0) is 13.5. The van der Waals surface area contributed by atoms with Crippen LogP contribution < -0.4 is 0 Å². The number of furan rings is 1. The van der Waals surface area contributed by atoms with Gasteiger partial charge in [-0.3, -0.25) is 0 Å². The minimum Gasteiger partial charge on any atom is -0.463 e. The molecule has 0 spiro atoms. The second-order valence-electron chi connectivity index (χ2n) is 5.60. The van der Waals surface area contributed by atoms with E-state index in [-0.39, 0.29) is 6.10 Å². The lowest BCUT2D eigenvalue weighted by Crippen LogP contribution is -2.03. The van der Waals surface area contributed by atoms with Gasteiger partial charge in [-0.25, -0.2) is 0 Å². The quantitative estimate of drug-likeness (QED) is 0.602. The Bertz CT molecular complexity index is 344. The Morgan fingerprint density at radius 3 is 2.74 bits per heavy atom. The second kappa shape index (κ2) is 7.74. The van der Waals surface area contributed by atoms with E-state index in [2.05, 4.69) is 19.9 Å². The van der Waals surface area contributed by atoms with Crippen LogP contribution in [0.5, 0.6) is 0 Å². The third-order valence-corrected chi connectivity index (χ3v) is 4.02. The molecule has 0 amide bonds. The average Bonchev–Trinajstić information content (AvgIpc) is 2.86. The van der Waals surface area contributed by atoms with E-state index in [4.69, 9.17) is 9.15 Å². The van der Waals surface area contributed by atoms with E-state index in [1.54, 1.807) is 0 Å². The third-order valence-electron chi connectivity index (χ3n) is 4.02. The van der Waals surface area contributed by atoms with E-state index in [9.17, 15) is 0 Å². The summed E-state index contributed by atoms with van der Waals surface area (Å²) < 4.78 is 11.9. The Kier molecular flexibility index (Phi) is 5.96. The van der Waals surface area contributed by atoms with Crippen molar-refractivity contribution in [3.63, 3.8) is 0 Å². The van der Waals surface area contributed by atoms with E-state index < -0.39 is 0 Å². The number of hydrogen-bond donors (Lipinski definition) is 0. The molecule has 2 rings (SSSR count). The topological polar surface area (TPSA) is 22.4 Å². The summed E-state index contributed by atoms with van der Waals surface area (Å²) in [6, 6.07) is 2.26. The fraction of sp³-hybridized carbons (Fsp3) is 0.765. The van der Waals surface area contributed by atoms with Gasteiger partial charge in [0.1, 0.15) is 17.6 Å². The molecular weight excluding hydrogens is 236 g/mol. The Balaban J connectivity index is 1.95. The molecule has 1 atom stereocenters. The van der Waals surface area contributed by atoms with Crippen molar-refractivity contribution in [3.8, 4) is 0 Å². The molecule has 0 fully saturated rings. The molecule has 1 aliphatic rings. The molecule has 1 aromatic heterocycles. The molecule has 1 aromatic rings. The molecule has 0 aromatic carbocycles. The van der Waals surface area contributed by atoms with Crippen molar-refractivity contribution in [2.75, 3.05) is 6.61 Å². The minimum atomic E-state index is 0.174. The molecule has 0 bridgehead atoms. The number of aryl methyl sites for hydroxylation is 2. The maximum Gasteiger partial charge on any atom is 0.133 e. The Morgan fingerprint density at radius 2 is 2.00 bits per heavy atom. The first kappa shape index (κ1) is 14.6. The number of unbranched alkanes of at least 4 members (excludes halogenated alkanes) is 3. The van der Waals surface area contributed by atoms with Gasteiger partial charge < -0.3 is 9.15 Å². The zero-order valence-corrected chi connectivity index (χ0v) is 12.5. The molecule has 2 nitrogen and oxygen atoms in total. The molecule has 1 unspecified atom stereocenters. The van der Waals surface area contributed by atoms with Gasteiger partial charge in [0.2, 0.25) is 0 Å². The summed E-state index contributed by atoms with van der Waals surface area (Å²) in [5, 5.41) is 0. The number of rotatable bonds is 8. The summed E-state index contributed by atoms with van der Waals surface area (Å²) >= 11 is 0. The highest BCUT2D eigenvalue weighted by atomic mass is 16.5. The Labute approximate surface area is 117 Å². The highest BCUT2D eigenvalue weighted by Crippen LogP contribution is 2.31.